The van der Waals surface area contributed by atoms with Crippen molar-refractivity contribution in [3.05, 3.63) is 94.4 Å². The SMILES string of the molecule is O=c1[nH]cc(Cc2ccc(CNS(=O)(=O)C3CC3)cc2)n2cc(-c3c[nH]c4ncccc34)cc12. The second-order valence-electron chi connectivity index (χ2n) is 8.75. The Morgan fingerprint density at radius 3 is 2.65 bits per heavy atom. The minimum atomic E-state index is -3.20. The van der Waals surface area contributed by atoms with Gasteiger partial charge in [-0.3, -0.25) is 4.79 Å². The van der Waals surface area contributed by atoms with Gasteiger partial charge >= 0.3 is 0 Å². The van der Waals surface area contributed by atoms with Gasteiger partial charge in [0.25, 0.3) is 5.56 Å². The van der Waals surface area contributed by atoms with Gasteiger partial charge in [0.05, 0.1) is 5.25 Å². The van der Waals surface area contributed by atoms with Crippen molar-refractivity contribution in [3.63, 3.8) is 0 Å². The van der Waals surface area contributed by atoms with Crippen LogP contribution in [0.25, 0.3) is 27.7 Å². The van der Waals surface area contributed by atoms with Gasteiger partial charge in [0.15, 0.2) is 0 Å². The van der Waals surface area contributed by atoms with E-state index < -0.39 is 10.0 Å². The number of aromatic amines is 2. The van der Waals surface area contributed by atoms with E-state index in [0.717, 1.165) is 51.8 Å². The Labute approximate surface area is 195 Å². The second kappa shape index (κ2) is 7.96. The summed E-state index contributed by atoms with van der Waals surface area (Å²) in [6.07, 6.45) is 9.50. The number of sulfonamides is 1. The van der Waals surface area contributed by atoms with Gasteiger partial charge in [-0.2, -0.15) is 0 Å². The van der Waals surface area contributed by atoms with Crippen LogP contribution < -0.4 is 10.3 Å². The molecule has 0 spiro atoms. The topological polar surface area (TPSA) is 112 Å². The van der Waals surface area contributed by atoms with Crippen molar-refractivity contribution in [1.29, 1.82) is 0 Å². The molecule has 8 nitrogen and oxygen atoms in total. The zero-order valence-electron chi connectivity index (χ0n) is 18.3. The van der Waals surface area contributed by atoms with Crippen LogP contribution >= 0.6 is 0 Å². The summed E-state index contributed by atoms with van der Waals surface area (Å²) in [6, 6.07) is 13.7. The molecule has 4 heterocycles. The van der Waals surface area contributed by atoms with Gasteiger partial charge in [-0.15, -0.1) is 0 Å². The van der Waals surface area contributed by atoms with Crippen molar-refractivity contribution in [2.75, 3.05) is 0 Å². The molecule has 3 N–H and O–H groups in total. The fourth-order valence-corrected chi connectivity index (χ4v) is 5.67. The summed E-state index contributed by atoms with van der Waals surface area (Å²) < 4.78 is 28.7. The number of aromatic nitrogens is 4. The lowest BCUT2D eigenvalue weighted by Crippen LogP contribution is -2.26. The van der Waals surface area contributed by atoms with Crippen LogP contribution in [0.1, 0.15) is 29.7 Å². The first-order valence-electron chi connectivity index (χ1n) is 11.2. The highest BCUT2D eigenvalue weighted by atomic mass is 32.2. The Bertz CT molecular complexity index is 1680. The number of hydrogen-bond donors (Lipinski definition) is 3. The number of pyridine rings is 1. The standard InChI is InChI=1S/C25H23N5O3S/c31-25-23-11-18(22-14-27-24-21(22)2-1-9-26-24)15-30(23)19(13-28-25)10-16-3-5-17(6-4-16)12-29-34(32,33)20-7-8-20/h1-6,9,11,13-15,20,29H,7-8,10,12H2,(H,26,27)(H,28,31). The predicted molar refractivity (Wildman–Crippen MR) is 131 cm³/mol. The lowest BCUT2D eigenvalue weighted by molar-refractivity contribution is 0.580. The summed E-state index contributed by atoms with van der Waals surface area (Å²) in [6.45, 7) is 0.294. The molecule has 0 unspecified atom stereocenters. The minimum Gasteiger partial charge on any atom is -0.346 e. The fourth-order valence-electron chi connectivity index (χ4n) is 4.31. The van der Waals surface area contributed by atoms with Crippen molar-refractivity contribution in [3.8, 4) is 11.1 Å². The monoisotopic (exact) mass is 473 g/mol. The van der Waals surface area contributed by atoms with E-state index in [2.05, 4.69) is 19.7 Å². The molecule has 1 aliphatic carbocycles. The highest BCUT2D eigenvalue weighted by Crippen LogP contribution is 2.29. The summed E-state index contributed by atoms with van der Waals surface area (Å²) in [4.78, 5) is 22.9. The summed E-state index contributed by atoms with van der Waals surface area (Å²) in [7, 11) is -3.20. The van der Waals surface area contributed by atoms with Crippen LogP contribution in [0, 0.1) is 0 Å². The largest absolute Gasteiger partial charge is 0.346 e. The van der Waals surface area contributed by atoms with Gasteiger partial charge in [-0.25, -0.2) is 18.1 Å². The number of nitrogens with one attached hydrogen (secondary N) is 3. The molecule has 34 heavy (non-hydrogen) atoms. The average Bonchev–Trinajstić information content (AvgIpc) is 3.48. The van der Waals surface area contributed by atoms with Crippen molar-refractivity contribution in [2.24, 2.45) is 0 Å². The lowest BCUT2D eigenvalue weighted by Gasteiger charge is -2.08. The predicted octanol–water partition coefficient (Wildman–Crippen LogP) is 3.34. The first-order valence-corrected chi connectivity index (χ1v) is 12.7. The maximum absolute atomic E-state index is 12.5. The number of fused-ring (bicyclic) bond motifs is 2. The zero-order chi connectivity index (χ0) is 23.3. The molecule has 0 bridgehead atoms. The molecule has 172 valence electrons. The van der Waals surface area contributed by atoms with E-state index in [1.807, 2.05) is 59.3 Å². The van der Waals surface area contributed by atoms with Crippen LogP contribution in [0.4, 0.5) is 0 Å². The molecule has 9 heteroatoms. The van der Waals surface area contributed by atoms with Crippen LogP contribution in [-0.4, -0.2) is 33.0 Å². The van der Waals surface area contributed by atoms with Crippen LogP contribution in [0.15, 0.2) is 72.0 Å². The van der Waals surface area contributed by atoms with E-state index >= 15 is 0 Å². The molecule has 6 rings (SSSR count). The molecular formula is C25H23N5O3S. The lowest BCUT2D eigenvalue weighted by atomic mass is 10.1. The third-order valence-corrected chi connectivity index (χ3v) is 8.24. The average molecular weight is 474 g/mol. The maximum Gasteiger partial charge on any atom is 0.272 e. The molecule has 1 fully saturated rings. The van der Waals surface area contributed by atoms with Gasteiger partial charge < -0.3 is 14.4 Å². The van der Waals surface area contributed by atoms with Crippen LogP contribution in [-0.2, 0) is 23.0 Å². The minimum absolute atomic E-state index is 0.147. The van der Waals surface area contributed by atoms with Crippen molar-refractivity contribution >= 4 is 26.6 Å². The highest BCUT2D eigenvalue weighted by Gasteiger charge is 2.35. The summed E-state index contributed by atoms with van der Waals surface area (Å²) in [5.74, 6) is 0. The van der Waals surface area contributed by atoms with Crippen molar-refractivity contribution < 1.29 is 8.42 Å². The number of hydrogen-bond acceptors (Lipinski definition) is 4. The number of benzene rings is 1. The Balaban J connectivity index is 1.27. The van der Waals surface area contributed by atoms with Crippen molar-refractivity contribution in [1.82, 2.24) is 24.1 Å². The van der Waals surface area contributed by atoms with Crippen LogP contribution in [0.2, 0.25) is 0 Å². The maximum atomic E-state index is 12.5. The van der Waals surface area contributed by atoms with Gasteiger partial charge in [-0.05, 0) is 42.2 Å². The molecular weight excluding hydrogens is 450 g/mol. The molecule has 0 amide bonds. The van der Waals surface area contributed by atoms with E-state index in [1.54, 1.807) is 12.4 Å². The Kier molecular flexibility index (Phi) is 4.89. The van der Waals surface area contributed by atoms with E-state index in [-0.39, 0.29) is 10.8 Å². The smallest absolute Gasteiger partial charge is 0.272 e. The van der Waals surface area contributed by atoms with Gasteiger partial charge in [0.1, 0.15) is 11.2 Å². The Morgan fingerprint density at radius 2 is 1.85 bits per heavy atom. The van der Waals surface area contributed by atoms with Gasteiger partial charge in [-0.1, -0.05) is 24.3 Å². The summed E-state index contributed by atoms with van der Waals surface area (Å²) >= 11 is 0. The molecule has 1 aromatic carbocycles. The molecule has 0 aliphatic heterocycles. The highest BCUT2D eigenvalue weighted by molar-refractivity contribution is 7.90. The molecule has 4 aromatic heterocycles. The van der Waals surface area contributed by atoms with Crippen LogP contribution in [0.5, 0.6) is 0 Å². The third kappa shape index (κ3) is 3.82. The number of nitrogens with zero attached hydrogens (tertiary/aromatic N) is 2. The fraction of sp³-hybridized carbons (Fsp3) is 0.200. The Hall–Kier alpha value is -3.69. The normalized spacial score (nSPS) is 14.2. The summed E-state index contributed by atoms with van der Waals surface area (Å²) in [5, 5.41) is 0.783. The van der Waals surface area contributed by atoms with E-state index in [1.165, 1.54) is 0 Å². The van der Waals surface area contributed by atoms with Gasteiger partial charge in [0.2, 0.25) is 10.0 Å². The first-order chi connectivity index (χ1) is 16.5. The zero-order valence-corrected chi connectivity index (χ0v) is 19.1. The Morgan fingerprint density at radius 1 is 1.06 bits per heavy atom. The molecule has 1 aliphatic rings. The summed E-state index contributed by atoms with van der Waals surface area (Å²) in [5.41, 5.74) is 6.10. The van der Waals surface area contributed by atoms with E-state index in [4.69, 9.17) is 0 Å². The van der Waals surface area contributed by atoms with E-state index in [0.29, 0.717) is 18.5 Å². The van der Waals surface area contributed by atoms with Crippen LogP contribution in [0.3, 0.4) is 0 Å². The number of rotatable bonds is 7. The third-order valence-electron chi connectivity index (χ3n) is 6.34. The first kappa shape index (κ1) is 20.9. The molecule has 0 radical (unpaired) electrons. The van der Waals surface area contributed by atoms with Crippen molar-refractivity contribution in [2.45, 2.75) is 31.1 Å². The molecule has 0 atom stereocenters. The molecule has 5 aromatic rings. The second-order valence-corrected chi connectivity index (χ2v) is 10.8. The molecule has 1 saturated carbocycles. The van der Waals surface area contributed by atoms with Gasteiger partial charge in [0, 0.05) is 60.0 Å². The quantitative estimate of drug-likeness (QED) is 0.337. The molecule has 0 saturated heterocycles. The van der Waals surface area contributed by atoms with E-state index in [9.17, 15) is 13.2 Å². The number of H-pyrrole nitrogens is 2.